The van der Waals surface area contributed by atoms with Crippen molar-refractivity contribution >= 4 is 5.82 Å². The van der Waals surface area contributed by atoms with Crippen LogP contribution in [0.25, 0.3) is 11.3 Å². The Labute approximate surface area is 126 Å². The number of aryl methyl sites for hydroxylation is 1. The van der Waals surface area contributed by atoms with Crippen LogP contribution in [0.3, 0.4) is 0 Å². The monoisotopic (exact) mass is 285 g/mol. The molecule has 2 aromatic rings. The summed E-state index contributed by atoms with van der Waals surface area (Å²) in [6.45, 7) is 9.68. The van der Waals surface area contributed by atoms with Crippen molar-refractivity contribution in [3.63, 3.8) is 0 Å². The van der Waals surface area contributed by atoms with Crippen LogP contribution in [-0.2, 0) is 0 Å². The molecule has 21 heavy (non-hydrogen) atoms. The fourth-order valence-corrected chi connectivity index (χ4v) is 2.22. The predicted octanol–water partition coefficient (Wildman–Crippen LogP) is 3.98. The quantitative estimate of drug-likeness (QED) is 0.872. The normalized spacial score (nSPS) is 10.5. The standard InChI is InChI=1S/C17H23N3O/c1-5-10-18-17-12(3)16(19-13(4)20-17)14-8-7-9-15(11-14)21-6-2/h7-9,11H,5-6,10H2,1-4H3,(H,18,19,20). The van der Waals surface area contributed by atoms with Crippen molar-refractivity contribution in [2.45, 2.75) is 34.1 Å². The molecule has 0 saturated carbocycles. The number of hydrogen-bond acceptors (Lipinski definition) is 4. The Morgan fingerprint density at radius 1 is 1.14 bits per heavy atom. The maximum absolute atomic E-state index is 5.57. The van der Waals surface area contributed by atoms with Gasteiger partial charge in [0, 0.05) is 17.7 Å². The molecule has 112 valence electrons. The maximum Gasteiger partial charge on any atom is 0.133 e. The Balaban J connectivity index is 2.43. The molecule has 1 aromatic carbocycles. The van der Waals surface area contributed by atoms with Gasteiger partial charge in [-0.05, 0) is 39.3 Å². The second-order valence-electron chi connectivity index (χ2n) is 4.98. The minimum Gasteiger partial charge on any atom is -0.494 e. The van der Waals surface area contributed by atoms with Crippen molar-refractivity contribution in [2.75, 3.05) is 18.5 Å². The largest absolute Gasteiger partial charge is 0.494 e. The van der Waals surface area contributed by atoms with Crippen LogP contribution >= 0.6 is 0 Å². The van der Waals surface area contributed by atoms with Gasteiger partial charge >= 0.3 is 0 Å². The number of nitrogens with zero attached hydrogens (tertiary/aromatic N) is 2. The van der Waals surface area contributed by atoms with Crippen LogP contribution in [0.5, 0.6) is 5.75 Å². The zero-order valence-electron chi connectivity index (χ0n) is 13.2. The molecule has 0 amide bonds. The van der Waals surface area contributed by atoms with Gasteiger partial charge in [0.1, 0.15) is 17.4 Å². The summed E-state index contributed by atoms with van der Waals surface area (Å²) in [5, 5.41) is 3.37. The Kier molecular flexibility index (Phi) is 5.14. The van der Waals surface area contributed by atoms with E-state index in [1.54, 1.807) is 0 Å². The van der Waals surface area contributed by atoms with E-state index in [-0.39, 0.29) is 0 Å². The highest BCUT2D eigenvalue weighted by atomic mass is 16.5. The van der Waals surface area contributed by atoms with Crippen LogP contribution in [0.2, 0.25) is 0 Å². The zero-order chi connectivity index (χ0) is 15.2. The highest BCUT2D eigenvalue weighted by Gasteiger charge is 2.11. The summed E-state index contributed by atoms with van der Waals surface area (Å²) in [5.74, 6) is 2.56. The molecule has 0 radical (unpaired) electrons. The lowest BCUT2D eigenvalue weighted by molar-refractivity contribution is 0.340. The van der Waals surface area contributed by atoms with Gasteiger partial charge < -0.3 is 10.1 Å². The molecule has 1 heterocycles. The number of aromatic nitrogens is 2. The summed E-state index contributed by atoms with van der Waals surface area (Å²) in [4.78, 5) is 9.11. The Morgan fingerprint density at radius 2 is 1.95 bits per heavy atom. The van der Waals surface area contributed by atoms with Crippen LogP contribution in [0.4, 0.5) is 5.82 Å². The zero-order valence-corrected chi connectivity index (χ0v) is 13.2. The smallest absolute Gasteiger partial charge is 0.133 e. The second-order valence-corrected chi connectivity index (χ2v) is 4.98. The van der Waals surface area contributed by atoms with Crippen LogP contribution in [0, 0.1) is 13.8 Å². The van der Waals surface area contributed by atoms with Crippen LogP contribution in [0.15, 0.2) is 24.3 Å². The van der Waals surface area contributed by atoms with Crippen molar-refractivity contribution < 1.29 is 4.74 Å². The fraction of sp³-hybridized carbons (Fsp3) is 0.412. The van der Waals surface area contributed by atoms with Gasteiger partial charge in [0.2, 0.25) is 0 Å². The molecule has 2 rings (SSSR count). The van der Waals surface area contributed by atoms with Gasteiger partial charge in [-0.3, -0.25) is 0 Å². The molecule has 0 fully saturated rings. The second kappa shape index (κ2) is 7.07. The van der Waals surface area contributed by atoms with E-state index in [9.17, 15) is 0 Å². The summed E-state index contributed by atoms with van der Waals surface area (Å²) in [5.41, 5.74) is 3.09. The summed E-state index contributed by atoms with van der Waals surface area (Å²) in [7, 11) is 0. The first kappa shape index (κ1) is 15.3. The molecule has 0 aliphatic heterocycles. The third kappa shape index (κ3) is 3.72. The maximum atomic E-state index is 5.57. The Hall–Kier alpha value is -2.10. The molecular weight excluding hydrogens is 262 g/mol. The highest BCUT2D eigenvalue weighted by molar-refractivity contribution is 5.69. The number of anilines is 1. The molecule has 1 N–H and O–H groups in total. The van der Waals surface area contributed by atoms with Gasteiger partial charge in [0.15, 0.2) is 0 Å². The van der Waals surface area contributed by atoms with Crippen molar-refractivity contribution in [2.24, 2.45) is 0 Å². The summed E-state index contributed by atoms with van der Waals surface area (Å²) < 4.78 is 5.57. The minimum absolute atomic E-state index is 0.661. The van der Waals surface area contributed by atoms with E-state index in [1.165, 1.54) is 0 Å². The lowest BCUT2D eigenvalue weighted by atomic mass is 10.1. The lowest BCUT2D eigenvalue weighted by Crippen LogP contribution is -2.07. The number of benzene rings is 1. The first-order valence-electron chi connectivity index (χ1n) is 7.48. The van der Waals surface area contributed by atoms with E-state index in [1.807, 2.05) is 32.0 Å². The first-order chi connectivity index (χ1) is 10.2. The SMILES string of the molecule is CCCNc1nc(C)nc(-c2cccc(OCC)c2)c1C. The van der Waals surface area contributed by atoms with Crippen molar-refractivity contribution in [1.29, 1.82) is 0 Å². The van der Waals surface area contributed by atoms with Gasteiger partial charge in [0.05, 0.1) is 12.3 Å². The van der Waals surface area contributed by atoms with Gasteiger partial charge in [-0.25, -0.2) is 9.97 Å². The Bertz CT molecular complexity index is 611. The van der Waals surface area contributed by atoms with E-state index in [4.69, 9.17) is 4.74 Å². The average Bonchev–Trinajstić information content (AvgIpc) is 2.48. The van der Waals surface area contributed by atoms with E-state index in [0.29, 0.717) is 6.61 Å². The average molecular weight is 285 g/mol. The molecule has 0 aliphatic carbocycles. The number of rotatable bonds is 6. The van der Waals surface area contributed by atoms with Crippen LogP contribution < -0.4 is 10.1 Å². The summed E-state index contributed by atoms with van der Waals surface area (Å²) in [6.07, 6.45) is 1.07. The third-order valence-electron chi connectivity index (χ3n) is 3.22. The van der Waals surface area contributed by atoms with Gasteiger partial charge in [-0.2, -0.15) is 0 Å². The first-order valence-corrected chi connectivity index (χ1v) is 7.48. The number of hydrogen-bond donors (Lipinski definition) is 1. The molecule has 0 saturated heterocycles. The number of nitrogens with one attached hydrogen (secondary N) is 1. The van der Waals surface area contributed by atoms with E-state index < -0.39 is 0 Å². The molecule has 0 spiro atoms. The van der Waals surface area contributed by atoms with Crippen molar-refractivity contribution in [1.82, 2.24) is 9.97 Å². The Morgan fingerprint density at radius 3 is 2.67 bits per heavy atom. The topological polar surface area (TPSA) is 47.0 Å². The number of ether oxygens (including phenoxy) is 1. The summed E-state index contributed by atoms with van der Waals surface area (Å²) in [6, 6.07) is 8.05. The van der Waals surface area contributed by atoms with Crippen molar-refractivity contribution in [3.05, 3.63) is 35.7 Å². The molecular formula is C17H23N3O. The molecule has 0 bridgehead atoms. The highest BCUT2D eigenvalue weighted by Crippen LogP contribution is 2.28. The predicted molar refractivity (Wildman–Crippen MR) is 86.9 cm³/mol. The molecule has 1 aromatic heterocycles. The third-order valence-corrected chi connectivity index (χ3v) is 3.22. The lowest BCUT2D eigenvalue weighted by Gasteiger charge is -2.13. The molecule has 0 atom stereocenters. The van der Waals surface area contributed by atoms with Crippen LogP contribution in [0.1, 0.15) is 31.7 Å². The molecule has 4 nitrogen and oxygen atoms in total. The molecule has 0 aliphatic rings. The summed E-state index contributed by atoms with van der Waals surface area (Å²) >= 11 is 0. The van der Waals surface area contributed by atoms with Gasteiger partial charge in [-0.15, -0.1) is 0 Å². The fourth-order valence-electron chi connectivity index (χ4n) is 2.22. The van der Waals surface area contributed by atoms with E-state index >= 15 is 0 Å². The van der Waals surface area contributed by atoms with Gasteiger partial charge in [-0.1, -0.05) is 19.1 Å². The van der Waals surface area contributed by atoms with Crippen LogP contribution in [-0.4, -0.2) is 23.1 Å². The van der Waals surface area contributed by atoms with E-state index in [2.05, 4.69) is 35.2 Å². The van der Waals surface area contributed by atoms with Gasteiger partial charge in [0.25, 0.3) is 0 Å². The minimum atomic E-state index is 0.661. The van der Waals surface area contributed by atoms with E-state index in [0.717, 1.165) is 47.2 Å². The molecule has 0 unspecified atom stereocenters. The van der Waals surface area contributed by atoms with Crippen molar-refractivity contribution in [3.8, 4) is 17.0 Å². The molecule has 4 heteroatoms.